The fraction of sp³-hybridized carbons (Fsp3) is 0.462. The number of carbonyl (C=O) groups excluding carboxylic acids is 1. The molecule has 0 heterocycles. The molecule has 0 aliphatic rings. The summed E-state index contributed by atoms with van der Waals surface area (Å²) >= 11 is 0. The van der Waals surface area contributed by atoms with Crippen molar-refractivity contribution in [2.75, 3.05) is 6.54 Å². The second kappa shape index (κ2) is 5.29. The predicted octanol–water partition coefficient (Wildman–Crippen LogP) is 0.954. The first kappa shape index (κ1) is 13.7. The van der Waals surface area contributed by atoms with Crippen molar-refractivity contribution in [2.45, 2.75) is 32.9 Å². The van der Waals surface area contributed by atoms with Crippen molar-refractivity contribution in [1.82, 2.24) is 5.32 Å². The standard InChI is InChI=1S/C13H20N2O2/c1-9-6-10(12(14)16)4-5-11(9)7-15-8-13(2,3)17/h4-6,15,17H,7-8H2,1-3H3,(H2,14,16). The molecule has 4 heteroatoms. The van der Waals surface area contributed by atoms with E-state index in [-0.39, 0.29) is 0 Å². The molecule has 4 nitrogen and oxygen atoms in total. The maximum Gasteiger partial charge on any atom is 0.248 e. The van der Waals surface area contributed by atoms with Crippen LogP contribution in [0.3, 0.4) is 0 Å². The Morgan fingerprint density at radius 2 is 2.12 bits per heavy atom. The van der Waals surface area contributed by atoms with Gasteiger partial charge in [-0.05, 0) is 44.0 Å². The van der Waals surface area contributed by atoms with Crippen molar-refractivity contribution in [3.63, 3.8) is 0 Å². The molecule has 1 aromatic rings. The largest absolute Gasteiger partial charge is 0.389 e. The number of primary amides is 1. The van der Waals surface area contributed by atoms with Crippen molar-refractivity contribution in [3.8, 4) is 0 Å². The van der Waals surface area contributed by atoms with Crippen LogP contribution in [-0.2, 0) is 6.54 Å². The van der Waals surface area contributed by atoms with Gasteiger partial charge in [0.15, 0.2) is 0 Å². The van der Waals surface area contributed by atoms with E-state index < -0.39 is 11.5 Å². The van der Waals surface area contributed by atoms with Crippen LogP contribution in [0.1, 0.15) is 35.3 Å². The highest BCUT2D eigenvalue weighted by Crippen LogP contribution is 2.11. The molecule has 1 aromatic carbocycles. The van der Waals surface area contributed by atoms with Crippen LogP contribution >= 0.6 is 0 Å². The van der Waals surface area contributed by atoms with Crippen molar-refractivity contribution < 1.29 is 9.90 Å². The van der Waals surface area contributed by atoms with Crippen molar-refractivity contribution in [2.24, 2.45) is 5.73 Å². The topological polar surface area (TPSA) is 75.4 Å². The molecule has 0 atom stereocenters. The van der Waals surface area contributed by atoms with E-state index in [1.54, 1.807) is 26.0 Å². The molecular formula is C13H20N2O2. The summed E-state index contributed by atoms with van der Waals surface area (Å²) in [6, 6.07) is 5.38. The van der Waals surface area contributed by atoms with E-state index in [4.69, 9.17) is 5.73 Å². The number of aliphatic hydroxyl groups is 1. The van der Waals surface area contributed by atoms with Gasteiger partial charge in [-0.1, -0.05) is 6.07 Å². The number of aryl methyl sites for hydroxylation is 1. The molecule has 0 spiro atoms. The average Bonchev–Trinajstić information content (AvgIpc) is 2.18. The van der Waals surface area contributed by atoms with E-state index in [9.17, 15) is 9.90 Å². The highest BCUT2D eigenvalue weighted by Gasteiger charge is 2.11. The summed E-state index contributed by atoms with van der Waals surface area (Å²) in [6.45, 7) is 6.62. The van der Waals surface area contributed by atoms with Gasteiger partial charge in [0.2, 0.25) is 5.91 Å². The molecule has 0 aliphatic carbocycles. The number of hydrogen-bond acceptors (Lipinski definition) is 3. The maximum absolute atomic E-state index is 11.0. The molecule has 4 N–H and O–H groups in total. The Bertz CT molecular complexity index is 408. The van der Waals surface area contributed by atoms with Gasteiger partial charge in [-0.2, -0.15) is 0 Å². The second-order valence-corrected chi connectivity index (χ2v) is 4.92. The van der Waals surface area contributed by atoms with Gasteiger partial charge in [-0.25, -0.2) is 0 Å². The lowest BCUT2D eigenvalue weighted by atomic mass is 10.0. The Morgan fingerprint density at radius 3 is 2.59 bits per heavy atom. The molecule has 0 bridgehead atoms. The summed E-state index contributed by atoms with van der Waals surface area (Å²) in [5, 5.41) is 12.7. The molecule has 0 aliphatic heterocycles. The molecule has 0 radical (unpaired) electrons. The number of nitrogens with one attached hydrogen (secondary N) is 1. The number of amides is 1. The summed E-state index contributed by atoms with van der Waals surface area (Å²) in [6.07, 6.45) is 0. The van der Waals surface area contributed by atoms with Crippen LogP contribution < -0.4 is 11.1 Å². The fourth-order valence-corrected chi connectivity index (χ4v) is 1.55. The molecule has 94 valence electrons. The summed E-state index contributed by atoms with van der Waals surface area (Å²) in [4.78, 5) is 11.0. The van der Waals surface area contributed by atoms with E-state index in [1.807, 2.05) is 13.0 Å². The zero-order valence-electron chi connectivity index (χ0n) is 10.6. The van der Waals surface area contributed by atoms with E-state index in [2.05, 4.69) is 5.32 Å². The monoisotopic (exact) mass is 236 g/mol. The van der Waals surface area contributed by atoms with Gasteiger partial charge in [-0.15, -0.1) is 0 Å². The van der Waals surface area contributed by atoms with Crippen LogP contribution in [-0.4, -0.2) is 23.2 Å². The Hall–Kier alpha value is -1.39. The van der Waals surface area contributed by atoms with E-state index >= 15 is 0 Å². The second-order valence-electron chi connectivity index (χ2n) is 4.92. The third-order valence-corrected chi connectivity index (χ3v) is 2.50. The first-order valence-corrected chi connectivity index (χ1v) is 5.62. The first-order valence-electron chi connectivity index (χ1n) is 5.62. The van der Waals surface area contributed by atoms with Gasteiger partial charge in [0, 0.05) is 18.7 Å². The summed E-state index contributed by atoms with van der Waals surface area (Å²) in [7, 11) is 0. The van der Waals surface area contributed by atoms with Crippen LogP contribution in [0.25, 0.3) is 0 Å². The van der Waals surface area contributed by atoms with Gasteiger partial charge >= 0.3 is 0 Å². The smallest absolute Gasteiger partial charge is 0.248 e. The van der Waals surface area contributed by atoms with Crippen LogP contribution in [0.4, 0.5) is 0 Å². The third kappa shape index (κ3) is 4.54. The summed E-state index contributed by atoms with van der Waals surface area (Å²) < 4.78 is 0. The Kier molecular flexibility index (Phi) is 4.26. The normalized spacial score (nSPS) is 11.5. The zero-order chi connectivity index (χ0) is 13.1. The van der Waals surface area contributed by atoms with E-state index in [1.165, 1.54) is 0 Å². The lowest BCUT2D eigenvalue weighted by molar-refractivity contribution is 0.0795. The van der Waals surface area contributed by atoms with Crippen molar-refractivity contribution in [3.05, 3.63) is 34.9 Å². The Morgan fingerprint density at radius 1 is 1.47 bits per heavy atom. The minimum atomic E-state index is -0.721. The van der Waals surface area contributed by atoms with Crippen LogP contribution in [0.15, 0.2) is 18.2 Å². The highest BCUT2D eigenvalue weighted by atomic mass is 16.3. The third-order valence-electron chi connectivity index (χ3n) is 2.50. The van der Waals surface area contributed by atoms with Gasteiger partial charge in [0.05, 0.1) is 5.60 Å². The Labute approximate surface area is 102 Å². The fourth-order valence-electron chi connectivity index (χ4n) is 1.55. The average molecular weight is 236 g/mol. The van der Waals surface area contributed by atoms with Gasteiger partial charge in [-0.3, -0.25) is 4.79 Å². The van der Waals surface area contributed by atoms with Gasteiger partial charge < -0.3 is 16.2 Å². The number of rotatable bonds is 5. The van der Waals surface area contributed by atoms with Crippen LogP contribution in [0, 0.1) is 6.92 Å². The maximum atomic E-state index is 11.0. The number of benzene rings is 1. The number of carbonyl (C=O) groups is 1. The van der Waals surface area contributed by atoms with Crippen molar-refractivity contribution >= 4 is 5.91 Å². The summed E-state index contributed by atoms with van der Waals surface area (Å²) in [5.41, 5.74) is 7.12. The predicted molar refractivity (Wildman–Crippen MR) is 67.7 cm³/mol. The molecule has 1 rings (SSSR count). The number of hydrogen-bond donors (Lipinski definition) is 3. The van der Waals surface area contributed by atoms with Crippen LogP contribution in [0.5, 0.6) is 0 Å². The summed E-state index contributed by atoms with van der Waals surface area (Å²) in [5.74, 6) is -0.413. The molecule has 0 saturated carbocycles. The minimum absolute atomic E-state index is 0.413. The molecule has 17 heavy (non-hydrogen) atoms. The molecule has 0 unspecified atom stereocenters. The SMILES string of the molecule is Cc1cc(C(N)=O)ccc1CNCC(C)(C)O. The lowest BCUT2D eigenvalue weighted by Gasteiger charge is -2.18. The van der Waals surface area contributed by atoms with E-state index in [0.29, 0.717) is 18.7 Å². The van der Waals surface area contributed by atoms with E-state index in [0.717, 1.165) is 11.1 Å². The minimum Gasteiger partial charge on any atom is -0.389 e. The number of nitrogens with two attached hydrogens (primary N) is 1. The Balaban J connectivity index is 2.64. The molecule has 1 amide bonds. The first-order chi connectivity index (χ1) is 7.79. The molecule has 0 fully saturated rings. The van der Waals surface area contributed by atoms with Gasteiger partial charge in [0.1, 0.15) is 0 Å². The zero-order valence-corrected chi connectivity index (χ0v) is 10.6. The lowest BCUT2D eigenvalue weighted by Crippen LogP contribution is -2.34. The quantitative estimate of drug-likeness (QED) is 0.712. The molecular weight excluding hydrogens is 216 g/mol. The highest BCUT2D eigenvalue weighted by molar-refractivity contribution is 5.93. The molecule has 0 aromatic heterocycles. The van der Waals surface area contributed by atoms with Crippen molar-refractivity contribution in [1.29, 1.82) is 0 Å². The van der Waals surface area contributed by atoms with Gasteiger partial charge in [0.25, 0.3) is 0 Å². The molecule has 0 saturated heterocycles. The van der Waals surface area contributed by atoms with Crippen LogP contribution in [0.2, 0.25) is 0 Å².